The molecule has 0 aliphatic heterocycles. The summed E-state index contributed by atoms with van der Waals surface area (Å²) in [5.41, 5.74) is 0.271. The van der Waals surface area contributed by atoms with E-state index in [-0.39, 0.29) is 5.56 Å². The van der Waals surface area contributed by atoms with Crippen molar-refractivity contribution in [1.82, 2.24) is 9.55 Å². The standard InChI is InChI=1S/C15H7Cl3N2O2/c16-10-3-11(17)5-13(4-10)20-14-8(2-12(18)6-19-14)1-9(7-21)15(20)22/h1-7H. The minimum absolute atomic E-state index is 0.00679. The average Bonchev–Trinajstić information content (AvgIpc) is 2.45. The molecule has 0 aliphatic carbocycles. The summed E-state index contributed by atoms with van der Waals surface area (Å²) in [6.45, 7) is 0. The Labute approximate surface area is 139 Å². The lowest BCUT2D eigenvalue weighted by Crippen LogP contribution is -2.23. The number of aromatic nitrogens is 2. The van der Waals surface area contributed by atoms with Crippen LogP contribution in [0.3, 0.4) is 0 Å². The zero-order valence-corrected chi connectivity index (χ0v) is 13.2. The van der Waals surface area contributed by atoms with E-state index in [2.05, 4.69) is 4.98 Å². The minimum atomic E-state index is -0.504. The summed E-state index contributed by atoms with van der Waals surface area (Å²) in [6, 6.07) is 7.76. The fraction of sp³-hybridized carbons (Fsp3) is 0. The maximum Gasteiger partial charge on any atom is 0.267 e. The molecule has 0 saturated carbocycles. The number of hydrogen-bond donors (Lipinski definition) is 0. The summed E-state index contributed by atoms with van der Waals surface area (Å²) in [4.78, 5) is 27.8. The molecule has 0 fully saturated rings. The van der Waals surface area contributed by atoms with Gasteiger partial charge in [-0.25, -0.2) is 4.98 Å². The largest absolute Gasteiger partial charge is 0.298 e. The summed E-state index contributed by atoms with van der Waals surface area (Å²) < 4.78 is 1.28. The number of carbonyl (C=O) groups is 1. The Balaban J connectivity index is 2.48. The zero-order chi connectivity index (χ0) is 15.9. The van der Waals surface area contributed by atoms with Crippen LogP contribution < -0.4 is 5.56 Å². The Morgan fingerprint density at radius 1 is 0.955 bits per heavy atom. The van der Waals surface area contributed by atoms with Crippen LogP contribution in [0.15, 0.2) is 41.3 Å². The fourth-order valence-corrected chi connectivity index (χ4v) is 2.87. The normalized spacial score (nSPS) is 10.9. The highest BCUT2D eigenvalue weighted by atomic mass is 35.5. The second-order valence-corrected chi connectivity index (χ2v) is 5.86. The third kappa shape index (κ3) is 2.61. The Morgan fingerprint density at radius 3 is 2.27 bits per heavy atom. The Hall–Kier alpha value is -1.88. The first-order chi connectivity index (χ1) is 10.5. The number of aldehydes is 1. The molecular weight excluding hydrogens is 347 g/mol. The second kappa shape index (κ2) is 5.72. The quantitative estimate of drug-likeness (QED) is 0.650. The van der Waals surface area contributed by atoms with Crippen molar-refractivity contribution in [3.63, 3.8) is 0 Å². The number of halogens is 3. The average molecular weight is 354 g/mol. The molecule has 2 aromatic heterocycles. The molecule has 0 amide bonds. The van der Waals surface area contributed by atoms with Crippen molar-refractivity contribution in [2.24, 2.45) is 0 Å². The van der Waals surface area contributed by atoms with E-state index in [1.165, 1.54) is 16.8 Å². The van der Waals surface area contributed by atoms with Gasteiger partial charge in [-0.05, 0) is 30.3 Å². The lowest BCUT2D eigenvalue weighted by molar-refractivity contribution is 0.112. The van der Waals surface area contributed by atoms with E-state index < -0.39 is 5.56 Å². The van der Waals surface area contributed by atoms with Gasteiger partial charge in [0.05, 0.1) is 16.3 Å². The van der Waals surface area contributed by atoms with Crippen LogP contribution in [0.1, 0.15) is 10.4 Å². The van der Waals surface area contributed by atoms with Crippen LogP contribution in [-0.4, -0.2) is 15.8 Å². The van der Waals surface area contributed by atoms with Crippen LogP contribution in [0.2, 0.25) is 15.1 Å². The molecule has 3 aromatic rings. The SMILES string of the molecule is O=Cc1cc2cc(Cl)cnc2n(-c2cc(Cl)cc(Cl)c2)c1=O. The highest BCUT2D eigenvalue weighted by molar-refractivity contribution is 6.35. The monoisotopic (exact) mass is 352 g/mol. The third-order valence-corrected chi connectivity index (χ3v) is 3.71. The fourth-order valence-electron chi connectivity index (χ4n) is 2.19. The molecule has 0 bridgehead atoms. The molecule has 4 nitrogen and oxygen atoms in total. The van der Waals surface area contributed by atoms with E-state index >= 15 is 0 Å². The van der Waals surface area contributed by atoms with Crippen molar-refractivity contribution in [2.75, 3.05) is 0 Å². The maximum atomic E-state index is 12.5. The van der Waals surface area contributed by atoms with Crippen molar-refractivity contribution in [3.8, 4) is 5.69 Å². The number of benzene rings is 1. The first-order valence-electron chi connectivity index (χ1n) is 6.12. The first kappa shape index (κ1) is 15.0. The molecule has 110 valence electrons. The number of fused-ring (bicyclic) bond motifs is 1. The van der Waals surface area contributed by atoms with Crippen LogP contribution in [-0.2, 0) is 0 Å². The number of carbonyl (C=O) groups excluding carboxylic acids is 1. The van der Waals surface area contributed by atoms with Crippen LogP contribution in [0.25, 0.3) is 16.7 Å². The first-order valence-corrected chi connectivity index (χ1v) is 7.26. The van der Waals surface area contributed by atoms with E-state index in [0.717, 1.165) is 0 Å². The van der Waals surface area contributed by atoms with Crippen molar-refractivity contribution in [3.05, 3.63) is 67.5 Å². The van der Waals surface area contributed by atoms with Gasteiger partial charge in [-0.1, -0.05) is 34.8 Å². The van der Waals surface area contributed by atoms with Crippen LogP contribution in [0.5, 0.6) is 0 Å². The lowest BCUT2D eigenvalue weighted by Gasteiger charge is -2.11. The van der Waals surface area contributed by atoms with Gasteiger partial charge in [0.15, 0.2) is 6.29 Å². The van der Waals surface area contributed by atoms with Gasteiger partial charge < -0.3 is 0 Å². The van der Waals surface area contributed by atoms with Crippen LogP contribution >= 0.6 is 34.8 Å². The molecule has 0 radical (unpaired) electrons. The molecule has 0 spiro atoms. The molecular formula is C15H7Cl3N2O2. The molecule has 0 atom stereocenters. The van der Waals surface area contributed by atoms with Gasteiger partial charge in [0.25, 0.3) is 5.56 Å². The summed E-state index contributed by atoms with van der Waals surface area (Å²) in [5.74, 6) is 0. The Kier molecular flexibility index (Phi) is 3.91. The third-order valence-electron chi connectivity index (χ3n) is 3.07. The van der Waals surface area contributed by atoms with Gasteiger partial charge in [0.2, 0.25) is 0 Å². The van der Waals surface area contributed by atoms with Crippen molar-refractivity contribution < 1.29 is 4.79 Å². The highest BCUT2D eigenvalue weighted by Gasteiger charge is 2.13. The molecule has 0 N–H and O–H groups in total. The highest BCUT2D eigenvalue weighted by Crippen LogP contribution is 2.24. The van der Waals surface area contributed by atoms with E-state index in [1.54, 1.807) is 24.3 Å². The van der Waals surface area contributed by atoms with Crippen LogP contribution in [0, 0.1) is 0 Å². The number of rotatable bonds is 2. The molecule has 1 aromatic carbocycles. The van der Waals surface area contributed by atoms with Crippen molar-refractivity contribution in [1.29, 1.82) is 0 Å². The van der Waals surface area contributed by atoms with Crippen molar-refractivity contribution in [2.45, 2.75) is 0 Å². The summed E-state index contributed by atoms with van der Waals surface area (Å²) in [6.07, 6.45) is 1.91. The van der Waals surface area contributed by atoms with Gasteiger partial charge in [-0.3, -0.25) is 14.2 Å². The Bertz CT molecular complexity index is 947. The summed E-state index contributed by atoms with van der Waals surface area (Å²) in [7, 11) is 0. The summed E-state index contributed by atoms with van der Waals surface area (Å²) >= 11 is 17.9. The van der Waals surface area contributed by atoms with Gasteiger partial charge in [0, 0.05) is 21.6 Å². The topological polar surface area (TPSA) is 52.0 Å². The smallest absolute Gasteiger partial charge is 0.267 e. The van der Waals surface area contributed by atoms with Gasteiger partial charge >= 0.3 is 0 Å². The molecule has 22 heavy (non-hydrogen) atoms. The van der Waals surface area contributed by atoms with E-state index in [9.17, 15) is 9.59 Å². The van der Waals surface area contributed by atoms with E-state index in [1.807, 2.05) is 0 Å². The van der Waals surface area contributed by atoms with E-state index in [0.29, 0.717) is 38.1 Å². The molecule has 0 aliphatic rings. The van der Waals surface area contributed by atoms with Gasteiger partial charge in [-0.2, -0.15) is 0 Å². The molecule has 7 heteroatoms. The summed E-state index contributed by atoms with van der Waals surface area (Å²) in [5, 5.41) is 1.70. The minimum Gasteiger partial charge on any atom is -0.298 e. The van der Waals surface area contributed by atoms with Gasteiger partial charge in [-0.15, -0.1) is 0 Å². The lowest BCUT2D eigenvalue weighted by atomic mass is 10.2. The number of hydrogen-bond acceptors (Lipinski definition) is 3. The zero-order valence-electron chi connectivity index (χ0n) is 10.9. The van der Waals surface area contributed by atoms with Crippen molar-refractivity contribution >= 4 is 52.1 Å². The molecule has 2 heterocycles. The second-order valence-electron chi connectivity index (χ2n) is 4.55. The number of nitrogens with zero attached hydrogens (tertiary/aromatic N) is 2. The molecule has 3 rings (SSSR count). The number of pyridine rings is 2. The molecule has 0 saturated heterocycles. The van der Waals surface area contributed by atoms with Crippen LogP contribution in [0.4, 0.5) is 0 Å². The maximum absolute atomic E-state index is 12.5. The predicted molar refractivity (Wildman–Crippen MR) is 87.8 cm³/mol. The van der Waals surface area contributed by atoms with E-state index in [4.69, 9.17) is 34.8 Å². The Morgan fingerprint density at radius 2 is 1.64 bits per heavy atom. The molecule has 0 unspecified atom stereocenters. The van der Waals surface area contributed by atoms with Gasteiger partial charge in [0.1, 0.15) is 5.65 Å². The predicted octanol–water partition coefficient (Wildman–Crippen LogP) is 4.16.